The van der Waals surface area contributed by atoms with Gasteiger partial charge in [-0.15, -0.1) is 0 Å². The molecular formula is C13H25NO4. The maximum absolute atomic E-state index is 11.9. The number of ether oxygens (including phenoxy) is 1. The van der Waals surface area contributed by atoms with Crippen molar-refractivity contribution in [2.24, 2.45) is 5.41 Å². The minimum Gasteiger partial charge on any atom is -0.444 e. The Morgan fingerprint density at radius 1 is 1.28 bits per heavy atom. The van der Waals surface area contributed by atoms with Gasteiger partial charge in [0.25, 0.3) is 0 Å². The fourth-order valence-electron chi connectivity index (χ4n) is 2.07. The maximum Gasteiger partial charge on any atom is 0.410 e. The van der Waals surface area contributed by atoms with E-state index in [2.05, 4.69) is 0 Å². The highest BCUT2D eigenvalue weighted by Crippen LogP contribution is 2.33. The number of aliphatic hydroxyl groups is 2. The van der Waals surface area contributed by atoms with E-state index in [1.165, 1.54) is 0 Å². The van der Waals surface area contributed by atoms with Crippen LogP contribution in [0.15, 0.2) is 0 Å². The molecule has 5 nitrogen and oxygen atoms in total. The first-order chi connectivity index (χ1) is 8.14. The molecule has 1 aliphatic rings. The molecule has 5 heteroatoms. The molecule has 0 saturated carbocycles. The number of hydrogen-bond donors (Lipinski definition) is 2. The third kappa shape index (κ3) is 4.14. The molecule has 1 amide bonds. The number of aliphatic hydroxyl groups excluding tert-OH is 1. The Balaban J connectivity index is 2.60. The maximum atomic E-state index is 11.9. The number of rotatable bonds is 1. The number of nitrogens with zero attached hydrogens (tertiary/aromatic N) is 1. The summed E-state index contributed by atoms with van der Waals surface area (Å²) in [6, 6.07) is 0. The molecule has 1 rings (SSSR count). The van der Waals surface area contributed by atoms with E-state index in [4.69, 9.17) is 4.74 Å². The molecule has 0 aromatic carbocycles. The van der Waals surface area contributed by atoms with E-state index in [0.29, 0.717) is 25.9 Å². The molecule has 2 N–H and O–H groups in total. The molecule has 1 unspecified atom stereocenters. The van der Waals surface area contributed by atoms with Gasteiger partial charge < -0.3 is 19.8 Å². The lowest BCUT2D eigenvalue weighted by Gasteiger charge is -2.30. The van der Waals surface area contributed by atoms with Crippen LogP contribution in [0.4, 0.5) is 4.79 Å². The first-order valence-corrected chi connectivity index (χ1v) is 6.48. The molecule has 0 aromatic rings. The molecule has 0 bridgehead atoms. The van der Waals surface area contributed by atoms with Gasteiger partial charge in [0.2, 0.25) is 0 Å². The van der Waals surface area contributed by atoms with Crippen molar-refractivity contribution in [2.45, 2.75) is 58.8 Å². The topological polar surface area (TPSA) is 70.0 Å². The van der Waals surface area contributed by atoms with Crippen LogP contribution in [0.3, 0.4) is 0 Å². The van der Waals surface area contributed by atoms with E-state index in [1.54, 1.807) is 4.90 Å². The Morgan fingerprint density at radius 3 is 2.39 bits per heavy atom. The van der Waals surface area contributed by atoms with Gasteiger partial charge in [0.1, 0.15) is 5.60 Å². The van der Waals surface area contributed by atoms with Crippen LogP contribution in [0, 0.1) is 5.41 Å². The molecule has 106 valence electrons. The van der Waals surface area contributed by atoms with Crippen molar-refractivity contribution in [3.05, 3.63) is 0 Å². The summed E-state index contributed by atoms with van der Waals surface area (Å²) < 4.78 is 5.32. The van der Waals surface area contributed by atoms with Crippen molar-refractivity contribution in [3.8, 4) is 0 Å². The molecule has 18 heavy (non-hydrogen) atoms. The van der Waals surface area contributed by atoms with E-state index in [1.807, 2.05) is 27.7 Å². The van der Waals surface area contributed by atoms with Gasteiger partial charge in [0, 0.05) is 18.5 Å². The lowest BCUT2D eigenvalue weighted by Crippen LogP contribution is -2.38. The second-order valence-electron chi connectivity index (χ2n) is 6.35. The molecular weight excluding hydrogens is 234 g/mol. The Hall–Kier alpha value is -0.810. The van der Waals surface area contributed by atoms with Crippen LogP contribution < -0.4 is 0 Å². The third-order valence-electron chi connectivity index (χ3n) is 3.40. The summed E-state index contributed by atoms with van der Waals surface area (Å²) in [6.07, 6.45) is 0.372. The van der Waals surface area contributed by atoms with E-state index >= 15 is 0 Å². The summed E-state index contributed by atoms with van der Waals surface area (Å²) in [5.41, 5.74) is -1.03. The third-order valence-corrected chi connectivity index (χ3v) is 3.40. The lowest BCUT2D eigenvalue weighted by atomic mass is 9.82. The van der Waals surface area contributed by atoms with Gasteiger partial charge >= 0.3 is 6.09 Å². The van der Waals surface area contributed by atoms with Crippen LogP contribution >= 0.6 is 0 Å². The predicted octanol–water partition coefficient (Wildman–Crippen LogP) is 1.72. The monoisotopic (exact) mass is 259 g/mol. The van der Waals surface area contributed by atoms with Gasteiger partial charge in [0.15, 0.2) is 6.29 Å². The second kappa shape index (κ2) is 5.45. The van der Waals surface area contributed by atoms with E-state index in [-0.39, 0.29) is 6.09 Å². The Bertz CT molecular complexity index is 298. The molecule has 1 aliphatic heterocycles. The standard InChI is InChI=1S/C13H25NO4/c1-12(2,3)18-11(17)14-8-5-6-13(4,7-9-14)10(15)16/h10,15-16H,5-9H2,1-4H3. The Labute approximate surface area is 109 Å². The van der Waals surface area contributed by atoms with E-state index < -0.39 is 17.3 Å². The highest BCUT2D eigenvalue weighted by molar-refractivity contribution is 5.68. The quantitative estimate of drug-likeness (QED) is 0.703. The van der Waals surface area contributed by atoms with Crippen LogP contribution in [-0.2, 0) is 4.74 Å². The van der Waals surface area contributed by atoms with Gasteiger partial charge in [-0.05, 0) is 40.0 Å². The first kappa shape index (κ1) is 15.2. The van der Waals surface area contributed by atoms with Crippen molar-refractivity contribution in [2.75, 3.05) is 13.1 Å². The summed E-state index contributed by atoms with van der Waals surface area (Å²) in [6.45, 7) is 8.47. The first-order valence-electron chi connectivity index (χ1n) is 6.48. The average Bonchev–Trinajstić information content (AvgIpc) is 2.38. The number of carbonyl (C=O) groups is 1. The molecule has 1 saturated heterocycles. The highest BCUT2D eigenvalue weighted by Gasteiger charge is 2.35. The second-order valence-corrected chi connectivity index (χ2v) is 6.35. The predicted molar refractivity (Wildman–Crippen MR) is 68.0 cm³/mol. The van der Waals surface area contributed by atoms with Crippen LogP contribution in [-0.4, -0.2) is 46.2 Å². The van der Waals surface area contributed by atoms with E-state index in [0.717, 1.165) is 6.42 Å². The molecule has 1 heterocycles. The zero-order chi connectivity index (χ0) is 14.0. The molecule has 0 aromatic heterocycles. The number of carbonyl (C=O) groups excluding carboxylic acids is 1. The summed E-state index contributed by atoms with van der Waals surface area (Å²) in [4.78, 5) is 13.6. The summed E-state index contributed by atoms with van der Waals surface area (Å²) in [5.74, 6) is 0. The number of likely N-dealkylation sites (tertiary alicyclic amines) is 1. The van der Waals surface area contributed by atoms with Crippen LogP contribution in [0.25, 0.3) is 0 Å². The summed E-state index contributed by atoms with van der Waals surface area (Å²) in [7, 11) is 0. The van der Waals surface area contributed by atoms with Crippen LogP contribution in [0.5, 0.6) is 0 Å². The summed E-state index contributed by atoms with van der Waals surface area (Å²) >= 11 is 0. The fourth-order valence-corrected chi connectivity index (χ4v) is 2.07. The number of amides is 1. The normalized spacial score (nSPS) is 26.1. The Morgan fingerprint density at radius 2 is 1.89 bits per heavy atom. The molecule has 0 radical (unpaired) electrons. The smallest absolute Gasteiger partial charge is 0.410 e. The molecule has 0 spiro atoms. The minimum atomic E-state index is -1.34. The van der Waals surface area contributed by atoms with Gasteiger partial charge in [-0.1, -0.05) is 6.92 Å². The summed E-state index contributed by atoms with van der Waals surface area (Å²) in [5, 5.41) is 18.8. The molecule has 1 fully saturated rings. The van der Waals surface area contributed by atoms with Crippen molar-refractivity contribution >= 4 is 6.09 Å². The fraction of sp³-hybridized carbons (Fsp3) is 0.923. The Kier molecular flexibility index (Phi) is 4.61. The SMILES string of the molecule is CC(C)(C)OC(=O)N1CCCC(C)(C(O)O)CC1. The van der Waals surface area contributed by atoms with Crippen molar-refractivity contribution in [1.29, 1.82) is 0 Å². The van der Waals surface area contributed by atoms with Crippen molar-refractivity contribution in [1.82, 2.24) is 4.90 Å². The zero-order valence-electron chi connectivity index (χ0n) is 11.8. The van der Waals surface area contributed by atoms with Crippen molar-refractivity contribution < 1.29 is 19.7 Å². The largest absolute Gasteiger partial charge is 0.444 e. The molecule has 0 aliphatic carbocycles. The van der Waals surface area contributed by atoms with Crippen LogP contribution in [0.1, 0.15) is 47.0 Å². The van der Waals surface area contributed by atoms with Gasteiger partial charge in [-0.2, -0.15) is 0 Å². The minimum absolute atomic E-state index is 0.320. The average molecular weight is 259 g/mol. The lowest BCUT2D eigenvalue weighted by molar-refractivity contribution is -0.133. The van der Waals surface area contributed by atoms with Gasteiger partial charge in [-0.3, -0.25) is 0 Å². The van der Waals surface area contributed by atoms with E-state index in [9.17, 15) is 15.0 Å². The highest BCUT2D eigenvalue weighted by atomic mass is 16.6. The van der Waals surface area contributed by atoms with Gasteiger partial charge in [-0.25, -0.2) is 4.79 Å². The molecule has 1 atom stereocenters. The van der Waals surface area contributed by atoms with Crippen molar-refractivity contribution in [3.63, 3.8) is 0 Å². The van der Waals surface area contributed by atoms with Crippen LogP contribution in [0.2, 0.25) is 0 Å². The zero-order valence-corrected chi connectivity index (χ0v) is 11.8. The number of hydrogen-bond acceptors (Lipinski definition) is 4. The van der Waals surface area contributed by atoms with Gasteiger partial charge in [0.05, 0.1) is 0 Å².